The van der Waals surface area contributed by atoms with E-state index >= 15 is 0 Å². The Morgan fingerprint density at radius 1 is 0.850 bits per heavy atom. The molecule has 0 radical (unpaired) electrons. The largest absolute Gasteiger partial charge is 0.756 e. The Hall–Kier alpha value is -0.760. The van der Waals surface area contributed by atoms with Crippen LogP contribution in [-0.2, 0) is 18.4 Å². The molecule has 0 bridgehead atoms. The van der Waals surface area contributed by atoms with Gasteiger partial charge in [-0.15, -0.1) is 0 Å². The van der Waals surface area contributed by atoms with Gasteiger partial charge in [0, 0.05) is 6.42 Å². The number of nitrogens with zero attached hydrogens (tertiary/aromatic N) is 1. The minimum absolute atomic E-state index is 0.00114. The molecule has 0 fully saturated rings. The van der Waals surface area contributed by atoms with Crippen LogP contribution in [0, 0.1) is 0 Å². The van der Waals surface area contributed by atoms with Crippen LogP contribution in [0.25, 0.3) is 0 Å². The number of aliphatic hydroxyl groups is 1. The lowest BCUT2D eigenvalue weighted by atomic mass is 10.0. The van der Waals surface area contributed by atoms with Gasteiger partial charge in [-0.2, -0.15) is 0 Å². The summed E-state index contributed by atoms with van der Waals surface area (Å²) in [7, 11) is 1.25. The van der Waals surface area contributed by atoms with Crippen LogP contribution in [0.15, 0.2) is 12.2 Å². The van der Waals surface area contributed by atoms with Gasteiger partial charge in [0.2, 0.25) is 5.91 Å². The zero-order valence-corrected chi connectivity index (χ0v) is 27.4. The fourth-order valence-electron chi connectivity index (χ4n) is 4.37. The predicted octanol–water partition coefficient (Wildman–Crippen LogP) is 6.66. The first-order valence-electron chi connectivity index (χ1n) is 16.1. The third kappa shape index (κ3) is 26.2. The van der Waals surface area contributed by atoms with Gasteiger partial charge in [0.1, 0.15) is 13.2 Å². The van der Waals surface area contributed by atoms with Gasteiger partial charge >= 0.3 is 0 Å². The van der Waals surface area contributed by atoms with E-state index in [9.17, 15) is 19.4 Å². The molecular weight excluding hydrogens is 527 g/mol. The van der Waals surface area contributed by atoms with Crippen LogP contribution in [-0.4, -0.2) is 68.5 Å². The number of amides is 1. The number of quaternary nitrogens is 1. The highest BCUT2D eigenvalue weighted by molar-refractivity contribution is 7.45. The van der Waals surface area contributed by atoms with Crippen molar-refractivity contribution in [1.82, 2.24) is 5.32 Å². The van der Waals surface area contributed by atoms with Gasteiger partial charge in [-0.05, 0) is 19.3 Å². The highest BCUT2D eigenvalue weighted by atomic mass is 31.2. The van der Waals surface area contributed by atoms with Crippen molar-refractivity contribution < 1.29 is 32.9 Å². The number of unbranched alkanes of at least 4 members (excludes halogenated alkanes) is 15. The topological polar surface area (TPSA) is 108 Å². The molecule has 0 aromatic rings. The summed E-state index contributed by atoms with van der Waals surface area (Å²) in [6.45, 7) is 4.26. The van der Waals surface area contributed by atoms with Crippen molar-refractivity contribution in [3.63, 3.8) is 0 Å². The minimum Gasteiger partial charge on any atom is -0.756 e. The van der Waals surface area contributed by atoms with E-state index in [0.717, 1.165) is 19.3 Å². The number of rotatable bonds is 28. The first kappa shape index (κ1) is 39.2. The average Bonchev–Trinajstić information content (AvgIpc) is 2.87. The van der Waals surface area contributed by atoms with Crippen LogP contribution in [0.2, 0.25) is 0 Å². The molecule has 8 nitrogen and oxygen atoms in total. The molecule has 3 atom stereocenters. The molecule has 0 spiro atoms. The molecule has 0 aromatic heterocycles. The van der Waals surface area contributed by atoms with Crippen molar-refractivity contribution in [3.8, 4) is 0 Å². The Morgan fingerprint density at radius 3 is 1.82 bits per heavy atom. The number of carbonyl (C=O) groups excluding carboxylic acids is 1. The summed E-state index contributed by atoms with van der Waals surface area (Å²) >= 11 is 0. The van der Waals surface area contributed by atoms with Gasteiger partial charge < -0.3 is 28.8 Å². The Bertz CT molecular complexity index is 683. The number of allylic oxidation sites excluding steroid dienone is 1. The third-order valence-corrected chi connectivity index (χ3v) is 7.93. The molecule has 2 N–H and O–H groups in total. The predicted molar refractivity (Wildman–Crippen MR) is 164 cm³/mol. The number of phosphoric acid groups is 1. The second-order valence-electron chi connectivity index (χ2n) is 12.2. The van der Waals surface area contributed by atoms with Gasteiger partial charge in [0.25, 0.3) is 7.82 Å². The smallest absolute Gasteiger partial charge is 0.268 e. The van der Waals surface area contributed by atoms with E-state index in [4.69, 9.17) is 9.05 Å². The summed E-state index contributed by atoms with van der Waals surface area (Å²) in [6, 6.07) is -0.874. The van der Waals surface area contributed by atoms with E-state index in [1.807, 2.05) is 34.1 Å². The van der Waals surface area contributed by atoms with Crippen LogP contribution in [0.3, 0.4) is 0 Å². The maximum absolute atomic E-state index is 12.1. The number of hydrogen-bond donors (Lipinski definition) is 2. The molecule has 0 heterocycles. The fraction of sp³-hybridized carbons (Fsp3) is 0.903. The monoisotopic (exact) mass is 590 g/mol. The van der Waals surface area contributed by atoms with Crippen LogP contribution >= 0.6 is 7.82 Å². The molecule has 9 heteroatoms. The highest BCUT2D eigenvalue weighted by Gasteiger charge is 2.22. The normalized spacial score (nSPS) is 15.3. The average molecular weight is 591 g/mol. The van der Waals surface area contributed by atoms with E-state index < -0.39 is 20.0 Å². The molecule has 0 saturated carbocycles. The Morgan fingerprint density at radius 2 is 1.35 bits per heavy atom. The van der Waals surface area contributed by atoms with Crippen molar-refractivity contribution in [2.24, 2.45) is 0 Å². The van der Waals surface area contributed by atoms with E-state index in [-0.39, 0.29) is 19.1 Å². The summed E-state index contributed by atoms with van der Waals surface area (Å²) in [4.78, 5) is 24.3. The molecule has 1 amide bonds. The third-order valence-electron chi connectivity index (χ3n) is 6.97. The molecule has 0 aliphatic carbocycles. The Kier molecular flexibility index (Phi) is 24.3. The van der Waals surface area contributed by atoms with Crippen LogP contribution in [0.5, 0.6) is 0 Å². The SMILES string of the molecule is CCCCCCCCCCCCCCCCC/C=C/C(O)C(COP(=O)([O-])OCC[N+](C)(C)C)NC(=O)CCC. The Balaban J connectivity index is 4.16. The summed E-state index contributed by atoms with van der Waals surface area (Å²) in [6.07, 6.45) is 24.0. The molecule has 238 valence electrons. The molecule has 40 heavy (non-hydrogen) atoms. The second kappa shape index (κ2) is 24.8. The standard InChI is InChI=1S/C31H63N2O6P/c1-6-8-9-10-11-12-13-14-15-16-17-18-19-20-21-22-23-25-30(34)29(32-31(35)24-7-2)28-39-40(36,37)38-27-26-33(3,4)5/h23,25,29-30,34H,6-22,24,26-28H2,1-5H3,(H-,32,35,36,37)/b25-23+. The second-order valence-corrected chi connectivity index (χ2v) is 13.6. The maximum atomic E-state index is 12.1. The lowest BCUT2D eigenvalue weighted by molar-refractivity contribution is -0.870. The van der Waals surface area contributed by atoms with Gasteiger partial charge in [-0.1, -0.05) is 116 Å². The Labute approximate surface area is 246 Å². The molecule has 0 aliphatic heterocycles. The minimum atomic E-state index is -4.54. The van der Waals surface area contributed by atoms with Gasteiger partial charge in [-0.3, -0.25) is 9.36 Å². The van der Waals surface area contributed by atoms with Gasteiger partial charge in [-0.25, -0.2) is 0 Å². The first-order valence-corrected chi connectivity index (χ1v) is 17.5. The van der Waals surface area contributed by atoms with Crippen LogP contribution in [0.4, 0.5) is 0 Å². The number of phosphoric ester groups is 1. The molecular formula is C31H63N2O6P. The van der Waals surface area contributed by atoms with E-state index in [1.54, 1.807) is 6.08 Å². The fourth-order valence-corrected chi connectivity index (χ4v) is 5.09. The van der Waals surface area contributed by atoms with Gasteiger partial charge in [0.15, 0.2) is 0 Å². The lowest BCUT2D eigenvalue weighted by Crippen LogP contribution is -2.45. The summed E-state index contributed by atoms with van der Waals surface area (Å²) in [5, 5.41) is 13.3. The van der Waals surface area contributed by atoms with Crippen molar-refractivity contribution in [2.75, 3.05) is 40.9 Å². The molecule has 0 rings (SSSR count). The zero-order valence-electron chi connectivity index (χ0n) is 26.5. The zero-order chi connectivity index (χ0) is 30.1. The highest BCUT2D eigenvalue weighted by Crippen LogP contribution is 2.38. The molecule has 0 aliphatic rings. The molecule has 0 saturated heterocycles. The quantitative estimate of drug-likeness (QED) is 0.0457. The summed E-state index contributed by atoms with van der Waals surface area (Å²) in [5.74, 6) is -0.252. The first-order chi connectivity index (χ1) is 19.0. The van der Waals surface area contributed by atoms with Crippen molar-refractivity contribution in [1.29, 1.82) is 0 Å². The van der Waals surface area contributed by atoms with Crippen molar-refractivity contribution in [3.05, 3.63) is 12.2 Å². The van der Waals surface area contributed by atoms with Crippen LogP contribution in [0.1, 0.15) is 129 Å². The van der Waals surface area contributed by atoms with E-state index in [0.29, 0.717) is 23.9 Å². The number of nitrogens with one attached hydrogen (secondary N) is 1. The van der Waals surface area contributed by atoms with Gasteiger partial charge in [0.05, 0.1) is 39.9 Å². The van der Waals surface area contributed by atoms with Crippen molar-refractivity contribution in [2.45, 2.75) is 142 Å². The van der Waals surface area contributed by atoms with Crippen molar-refractivity contribution >= 4 is 13.7 Å². The molecule has 0 aromatic carbocycles. The van der Waals surface area contributed by atoms with E-state index in [2.05, 4.69) is 12.2 Å². The number of likely N-dealkylation sites (N-methyl/N-ethyl adjacent to an activating group) is 1. The molecule has 3 unspecified atom stereocenters. The van der Waals surface area contributed by atoms with Crippen LogP contribution < -0.4 is 10.2 Å². The van der Waals surface area contributed by atoms with E-state index in [1.165, 1.54) is 83.5 Å². The lowest BCUT2D eigenvalue weighted by Gasteiger charge is -2.29. The maximum Gasteiger partial charge on any atom is 0.268 e. The number of hydrogen-bond acceptors (Lipinski definition) is 6. The number of carbonyl (C=O) groups is 1. The summed E-state index contributed by atoms with van der Waals surface area (Å²) < 4.78 is 22.6. The number of aliphatic hydroxyl groups excluding tert-OH is 1. The summed E-state index contributed by atoms with van der Waals surface area (Å²) in [5.41, 5.74) is 0.